The third-order valence-electron chi connectivity index (χ3n) is 6.10. The summed E-state index contributed by atoms with van der Waals surface area (Å²) in [7, 11) is 3.06. The highest BCUT2D eigenvalue weighted by atomic mass is 16.7. The Balaban J connectivity index is 1.66. The minimum Gasteiger partial charge on any atom is -0.497 e. The number of hydrogen-bond donors (Lipinski definition) is 0. The summed E-state index contributed by atoms with van der Waals surface area (Å²) in [6, 6.07) is 27.6. The van der Waals surface area contributed by atoms with Crippen LogP contribution in [0, 0.1) is 0 Å². The van der Waals surface area contributed by atoms with Crippen molar-refractivity contribution < 1.29 is 19.1 Å². The Labute approximate surface area is 187 Å². The van der Waals surface area contributed by atoms with Gasteiger partial charge in [-0.25, -0.2) is 4.79 Å². The van der Waals surface area contributed by atoms with Crippen molar-refractivity contribution in [3.05, 3.63) is 102 Å². The number of hydrogen-bond acceptors (Lipinski definition) is 6. The molecule has 0 aliphatic carbocycles. The maximum Gasteiger partial charge on any atom is 0.340 e. The van der Waals surface area contributed by atoms with E-state index in [9.17, 15) is 4.79 Å². The molecule has 0 radical (unpaired) electrons. The topological polar surface area (TPSA) is 51.2 Å². The Bertz CT molecular complexity index is 1150. The van der Waals surface area contributed by atoms with Gasteiger partial charge < -0.3 is 19.2 Å². The zero-order valence-corrected chi connectivity index (χ0v) is 18.0. The van der Waals surface area contributed by atoms with Crippen molar-refractivity contribution in [3.8, 4) is 5.75 Å². The van der Waals surface area contributed by atoms with Gasteiger partial charge in [-0.05, 0) is 29.8 Å². The number of benzene rings is 3. The standard InChI is InChI=1S/C26H24N2O4/c1-30-22-15-13-21(14-16-22)27-17-26(20-11-7-4-8-12-20)23(25(29)31-2)24(32-28(26)18-27)19-9-5-3-6-10-19/h3-16H,17-18H2,1-2H3. The van der Waals surface area contributed by atoms with Crippen molar-refractivity contribution in [2.75, 3.05) is 32.3 Å². The second-order valence-corrected chi connectivity index (χ2v) is 7.80. The van der Waals surface area contributed by atoms with E-state index in [1.165, 1.54) is 7.11 Å². The molecule has 1 atom stereocenters. The van der Waals surface area contributed by atoms with Crippen LogP contribution in [0.3, 0.4) is 0 Å². The third kappa shape index (κ3) is 3.11. The number of esters is 1. The molecule has 0 amide bonds. The number of ether oxygens (including phenoxy) is 2. The number of hydroxylamine groups is 2. The Morgan fingerprint density at radius 1 is 0.906 bits per heavy atom. The molecular weight excluding hydrogens is 404 g/mol. The number of carbonyl (C=O) groups is 1. The summed E-state index contributed by atoms with van der Waals surface area (Å²) in [4.78, 5) is 21.8. The molecule has 162 valence electrons. The predicted molar refractivity (Wildman–Crippen MR) is 122 cm³/mol. The summed E-state index contributed by atoms with van der Waals surface area (Å²) in [6.07, 6.45) is 0. The lowest BCUT2D eigenvalue weighted by Crippen LogP contribution is -2.42. The van der Waals surface area contributed by atoms with Crippen molar-refractivity contribution in [2.24, 2.45) is 0 Å². The molecule has 6 nitrogen and oxygen atoms in total. The van der Waals surface area contributed by atoms with Gasteiger partial charge in [0.25, 0.3) is 0 Å². The highest BCUT2D eigenvalue weighted by molar-refractivity contribution is 6.00. The largest absolute Gasteiger partial charge is 0.497 e. The van der Waals surface area contributed by atoms with Gasteiger partial charge in [0.05, 0.1) is 14.2 Å². The lowest BCUT2D eigenvalue weighted by Gasteiger charge is -2.30. The summed E-state index contributed by atoms with van der Waals surface area (Å²) in [6.45, 7) is 1.02. The summed E-state index contributed by atoms with van der Waals surface area (Å²) in [5, 5.41) is 1.89. The van der Waals surface area contributed by atoms with Crippen LogP contribution in [0.15, 0.2) is 90.5 Å². The van der Waals surface area contributed by atoms with Gasteiger partial charge in [-0.1, -0.05) is 60.7 Å². The molecule has 0 spiro atoms. The van der Waals surface area contributed by atoms with E-state index >= 15 is 0 Å². The molecule has 1 fully saturated rings. The first-order valence-corrected chi connectivity index (χ1v) is 10.5. The summed E-state index contributed by atoms with van der Waals surface area (Å²) in [5.74, 6) is 0.937. The van der Waals surface area contributed by atoms with Gasteiger partial charge in [-0.2, -0.15) is 0 Å². The Kier molecular flexibility index (Phi) is 5.07. The van der Waals surface area contributed by atoms with E-state index in [1.807, 2.05) is 90.0 Å². The number of carbonyl (C=O) groups excluding carboxylic acids is 1. The van der Waals surface area contributed by atoms with Crippen molar-refractivity contribution >= 4 is 17.4 Å². The molecule has 5 rings (SSSR count). The summed E-state index contributed by atoms with van der Waals surface area (Å²) < 4.78 is 10.6. The van der Waals surface area contributed by atoms with E-state index < -0.39 is 11.5 Å². The van der Waals surface area contributed by atoms with Crippen LogP contribution in [0.4, 0.5) is 5.69 Å². The normalized spacial score (nSPS) is 20.1. The zero-order valence-electron chi connectivity index (χ0n) is 18.0. The smallest absolute Gasteiger partial charge is 0.340 e. The van der Waals surface area contributed by atoms with Crippen LogP contribution in [-0.2, 0) is 19.9 Å². The third-order valence-corrected chi connectivity index (χ3v) is 6.10. The van der Waals surface area contributed by atoms with E-state index in [0.717, 1.165) is 22.6 Å². The molecule has 0 N–H and O–H groups in total. The molecule has 0 saturated carbocycles. The molecule has 3 aromatic carbocycles. The Morgan fingerprint density at radius 2 is 1.56 bits per heavy atom. The van der Waals surface area contributed by atoms with Gasteiger partial charge in [0, 0.05) is 17.8 Å². The molecule has 1 saturated heterocycles. The van der Waals surface area contributed by atoms with Gasteiger partial charge in [-0.3, -0.25) is 0 Å². The van der Waals surface area contributed by atoms with Crippen LogP contribution >= 0.6 is 0 Å². The molecule has 2 aliphatic heterocycles. The van der Waals surface area contributed by atoms with Crippen LogP contribution in [0.5, 0.6) is 5.75 Å². The van der Waals surface area contributed by atoms with Crippen LogP contribution < -0.4 is 9.64 Å². The van der Waals surface area contributed by atoms with Gasteiger partial charge in [0.1, 0.15) is 23.5 Å². The van der Waals surface area contributed by atoms with Crippen LogP contribution in [0.25, 0.3) is 5.76 Å². The maximum absolute atomic E-state index is 13.2. The number of anilines is 1. The molecule has 32 heavy (non-hydrogen) atoms. The number of nitrogens with zero attached hydrogens (tertiary/aromatic N) is 2. The SMILES string of the molecule is COC(=O)C1=C(c2ccccc2)ON2CN(c3ccc(OC)cc3)CC12c1ccccc1. The molecule has 0 aromatic heterocycles. The predicted octanol–water partition coefficient (Wildman–Crippen LogP) is 4.20. The van der Waals surface area contributed by atoms with Gasteiger partial charge in [0.2, 0.25) is 0 Å². The fourth-order valence-corrected chi connectivity index (χ4v) is 4.54. The Hall–Kier alpha value is -3.77. The fraction of sp³-hybridized carbons (Fsp3) is 0.192. The first-order chi connectivity index (χ1) is 15.7. The highest BCUT2D eigenvalue weighted by Gasteiger charge is 2.59. The molecule has 6 heteroatoms. The van der Waals surface area contributed by atoms with Gasteiger partial charge in [0.15, 0.2) is 5.76 Å². The molecular formula is C26H24N2O4. The van der Waals surface area contributed by atoms with E-state index in [2.05, 4.69) is 4.90 Å². The highest BCUT2D eigenvalue weighted by Crippen LogP contribution is 2.51. The van der Waals surface area contributed by atoms with E-state index in [0.29, 0.717) is 24.5 Å². The van der Waals surface area contributed by atoms with Crippen LogP contribution in [-0.4, -0.2) is 38.5 Å². The minimum atomic E-state index is -0.806. The quantitative estimate of drug-likeness (QED) is 0.568. The number of fused-ring (bicyclic) bond motifs is 1. The van der Waals surface area contributed by atoms with E-state index in [1.54, 1.807) is 7.11 Å². The second-order valence-electron chi connectivity index (χ2n) is 7.80. The van der Waals surface area contributed by atoms with Crippen LogP contribution in [0.2, 0.25) is 0 Å². The lowest BCUT2D eigenvalue weighted by molar-refractivity contribution is -0.140. The van der Waals surface area contributed by atoms with Crippen molar-refractivity contribution in [1.29, 1.82) is 0 Å². The first-order valence-electron chi connectivity index (χ1n) is 10.5. The van der Waals surface area contributed by atoms with Crippen LogP contribution in [0.1, 0.15) is 11.1 Å². The number of methoxy groups -OCH3 is 2. The van der Waals surface area contributed by atoms with Crippen molar-refractivity contribution in [3.63, 3.8) is 0 Å². The average molecular weight is 428 g/mol. The molecule has 2 heterocycles. The monoisotopic (exact) mass is 428 g/mol. The first kappa shape index (κ1) is 20.2. The summed E-state index contributed by atoms with van der Waals surface area (Å²) >= 11 is 0. The van der Waals surface area contributed by atoms with Crippen molar-refractivity contribution in [1.82, 2.24) is 5.06 Å². The molecule has 3 aromatic rings. The molecule has 0 bridgehead atoms. The minimum absolute atomic E-state index is 0.396. The maximum atomic E-state index is 13.2. The Morgan fingerprint density at radius 3 is 2.19 bits per heavy atom. The van der Waals surface area contributed by atoms with Crippen molar-refractivity contribution in [2.45, 2.75) is 5.54 Å². The molecule has 2 aliphatic rings. The zero-order chi connectivity index (χ0) is 22.1. The molecule has 1 unspecified atom stereocenters. The van der Waals surface area contributed by atoms with Gasteiger partial charge >= 0.3 is 5.97 Å². The van der Waals surface area contributed by atoms with Gasteiger partial charge in [-0.15, -0.1) is 5.06 Å². The lowest BCUT2D eigenvalue weighted by atomic mass is 9.81. The average Bonchev–Trinajstić information content (AvgIpc) is 3.39. The van der Waals surface area contributed by atoms with E-state index in [-0.39, 0.29) is 0 Å². The second kappa shape index (κ2) is 8.05. The fourth-order valence-electron chi connectivity index (χ4n) is 4.54. The van der Waals surface area contributed by atoms with E-state index in [4.69, 9.17) is 14.3 Å². The summed E-state index contributed by atoms with van der Waals surface area (Å²) in [5.41, 5.74) is 2.54. The number of rotatable bonds is 5.